The van der Waals surface area contributed by atoms with Gasteiger partial charge in [-0.1, -0.05) is 0 Å². The zero-order valence-electron chi connectivity index (χ0n) is 10.6. The van der Waals surface area contributed by atoms with Crippen LogP contribution >= 0.6 is 0 Å². The van der Waals surface area contributed by atoms with Gasteiger partial charge in [-0.3, -0.25) is 0 Å². The second-order valence-corrected chi connectivity index (χ2v) is 3.56. The summed E-state index contributed by atoms with van der Waals surface area (Å²) in [7, 11) is 1.98. The molecule has 0 aliphatic heterocycles. The fraction of sp³-hybridized carbons (Fsp3) is 0.909. The Labute approximate surface area is 103 Å². The number of hydrogen-bond donors (Lipinski definition) is 1. The first-order valence-electron chi connectivity index (χ1n) is 5.86. The van der Waals surface area contributed by atoms with Crippen LogP contribution in [0.25, 0.3) is 0 Å². The van der Waals surface area contributed by atoms with Crippen molar-refractivity contribution >= 4 is 6.29 Å². The Morgan fingerprint density at radius 2 is 1.59 bits per heavy atom. The molecule has 0 saturated heterocycles. The van der Waals surface area contributed by atoms with Gasteiger partial charge in [0.15, 0.2) is 0 Å². The van der Waals surface area contributed by atoms with Gasteiger partial charge in [-0.15, -0.1) is 0 Å². The van der Waals surface area contributed by atoms with Gasteiger partial charge in [0.2, 0.25) is 0 Å². The van der Waals surface area contributed by atoms with Crippen LogP contribution in [0.3, 0.4) is 0 Å². The smallest absolute Gasteiger partial charge is 0.145 e. The molecule has 6 nitrogen and oxygen atoms in total. The number of likely N-dealkylation sites (N-methyl/N-ethyl adjacent to an activating group) is 1. The zero-order chi connectivity index (χ0) is 12.8. The molecule has 0 aliphatic rings. The quantitative estimate of drug-likeness (QED) is 0.337. The Morgan fingerprint density at radius 1 is 1.00 bits per heavy atom. The summed E-state index contributed by atoms with van der Waals surface area (Å²) in [6, 6.07) is 0. The molecule has 0 atom stereocenters. The van der Waals surface area contributed by atoms with E-state index in [-0.39, 0.29) is 6.61 Å². The zero-order valence-corrected chi connectivity index (χ0v) is 10.6. The first-order valence-corrected chi connectivity index (χ1v) is 5.86. The molecule has 2 N–H and O–H groups in total. The van der Waals surface area contributed by atoms with Crippen molar-refractivity contribution in [2.24, 2.45) is 5.73 Å². The second kappa shape index (κ2) is 13.5. The Kier molecular flexibility index (Phi) is 13.1. The summed E-state index contributed by atoms with van der Waals surface area (Å²) in [6.45, 7) is 5.33. The fourth-order valence-corrected chi connectivity index (χ4v) is 1.09. The first kappa shape index (κ1) is 16.5. The summed E-state index contributed by atoms with van der Waals surface area (Å²) in [4.78, 5) is 12.1. The van der Waals surface area contributed by atoms with Gasteiger partial charge < -0.3 is 29.6 Å². The van der Waals surface area contributed by atoms with E-state index in [1.165, 1.54) is 0 Å². The highest BCUT2D eigenvalue weighted by molar-refractivity contribution is 5.50. The summed E-state index contributed by atoms with van der Waals surface area (Å²) in [6.07, 6.45) is 0.754. The van der Waals surface area contributed by atoms with Crippen LogP contribution in [0, 0.1) is 0 Å². The largest absolute Gasteiger partial charge is 0.378 e. The van der Waals surface area contributed by atoms with Gasteiger partial charge in [-0.05, 0) is 7.05 Å². The van der Waals surface area contributed by atoms with Crippen molar-refractivity contribution in [1.82, 2.24) is 4.90 Å². The van der Waals surface area contributed by atoms with E-state index in [1.54, 1.807) is 0 Å². The molecular weight excluding hydrogens is 224 g/mol. The van der Waals surface area contributed by atoms with Crippen molar-refractivity contribution in [3.8, 4) is 0 Å². The summed E-state index contributed by atoms with van der Waals surface area (Å²) in [5.74, 6) is 0. The van der Waals surface area contributed by atoms with Gasteiger partial charge in [-0.25, -0.2) is 0 Å². The molecule has 0 amide bonds. The normalized spacial score (nSPS) is 11.0. The van der Waals surface area contributed by atoms with E-state index in [1.807, 2.05) is 7.05 Å². The molecule has 0 heterocycles. The Morgan fingerprint density at radius 3 is 2.18 bits per heavy atom. The standard InChI is InChI=1S/C11H24N2O4/c1-13(3-7-16-9-5-14)4-8-17-11-10-15-6-2-12/h5H,2-4,6-12H2,1H3. The molecule has 6 heteroatoms. The third kappa shape index (κ3) is 13.4. The number of nitrogens with two attached hydrogens (primary N) is 1. The lowest BCUT2D eigenvalue weighted by atomic mass is 10.5. The molecule has 0 fully saturated rings. The number of ether oxygens (including phenoxy) is 3. The van der Waals surface area contributed by atoms with E-state index in [4.69, 9.17) is 19.9 Å². The number of carbonyl (C=O) groups is 1. The van der Waals surface area contributed by atoms with Crippen LogP contribution in [-0.4, -0.2) is 77.5 Å². The lowest BCUT2D eigenvalue weighted by Crippen LogP contribution is -2.27. The predicted molar refractivity (Wildman–Crippen MR) is 65.1 cm³/mol. The molecule has 0 radical (unpaired) electrons. The van der Waals surface area contributed by atoms with Gasteiger partial charge >= 0.3 is 0 Å². The van der Waals surface area contributed by atoms with Gasteiger partial charge in [0.05, 0.1) is 33.0 Å². The number of hydrogen-bond acceptors (Lipinski definition) is 6. The molecule has 0 rings (SSSR count). The van der Waals surface area contributed by atoms with E-state index < -0.39 is 0 Å². The van der Waals surface area contributed by atoms with Crippen molar-refractivity contribution in [3.63, 3.8) is 0 Å². The van der Waals surface area contributed by atoms with E-state index in [0.29, 0.717) is 39.6 Å². The molecule has 17 heavy (non-hydrogen) atoms. The van der Waals surface area contributed by atoms with Crippen molar-refractivity contribution in [2.75, 3.05) is 66.3 Å². The van der Waals surface area contributed by atoms with Gasteiger partial charge in [0.25, 0.3) is 0 Å². The fourth-order valence-electron chi connectivity index (χ4n) is 1.09. The van der Waals surface area contributed by atoms with Gasteiger partial charge in [0, 0.05) is 19.6 Å². The topological polar surface area (TPSA) is 74.0 Å². The van der Waals surface area contributed by atoms with Crippen molar-refractivity contribution < 1.29 is 19.0 Å². The third-order valence-electron chi connectivity index (χ3n) is 2.05. The maximum atomic E-state index is 9.99. The SMILES string of the molecule is CN(CCOCC=O)CCOCCOCCN. The maximum absolute atomic E-state index is 9.99. The minimum Gasteiger partial charge on any atom is -0.378 e. The van der Waals surface area contributed by atoms with Crippen LogP contribution in [0.4, 0.5) is 0 Å². The molecule has 0 aromatic heterocycles. The predicted octanol–water partition coefficient (Wildman–Crippen LogP) is -0.874. The molecule has 0 saturated carbocycles. The molecule has 0 aliphatic carbocycles. The second-order valence-electron chi connectivity index (χ2n) is 3.56. The molecule has 0 spiro atoms. The van der Waals surface area contributed by atoms with Crippen molar-refractivity contribution in [1.29, 1.82) is 0 Å². The third-order valence-corrected chi connectivity index (χ3v) is 2.05. The van der Waals surface area contributed by atoms with E-state index in [0.717, 1.165) is 19.4 Å². The molecule has 0 aromatic carbocycles. The molecular formula is C11H24N2O4. The van der Waals surface area contributed by atoms with Crippen molar-refractivity contribution in [2.45, 2.75) is 0 Å². The molecule has 0 unspecified atom stereocenters. The Balaban J connectivity index is 3.10. The first-order chi connectivity index (χ1) is 8.31. The highest BCUT2D eigenvalue weighted by Crippen LogP contribution is 1.85. The number of carbonyl (C=O) groups excluding carboxylic acids is 1. The maximum Gasteiger partial charge on any atom is 0.145 e. The van der Waals surface area contributed by atoms with E-state index >= 15 is 0 Å². The van der Waals surface area contributed by atoms with Crippen LogP contribution in [0.2, 0.25) is 0 Å². The Bertz CT molecular complexity index is 170. The van der Waals surface area contributed by atoms with Crippen molar-refractivity contribution in [3.05, 3.63) is 0 Å². The van der Waals surface area contributed by atoms with Crippen LogP contribution in [0.1, 0.15) is 0 Å². The van der Waals surface area contributed by atoms with Crippen LogP contribution < -0.4 is 5.73 Å². The summed E-state index contributed by atoms with van der Waals surface area (Å²) >= 11 is 0. The lowest BCUT2D eigenvalue weighted by Gasteiger charge is -2.16. The molecule has 102 valence electrons. The lowest BCUT2D eigenvalue weighted by molar-refractivity contribution is -0.112. The van der Waals surface area contributed by atoms with Crippen LogP contribution in [0.15, 0.2) is 0 Å². The van der Waals surface area contributed by atoms with E-state index in [2.05, 4.69) is 4.90 Å². The minimum absolute atomic E-state index is 0.169. The number of nitrogens with zero attached hydrogens (tertiary/aromatic N) is 1. The minimum atomic E-state index is 0.169. The number of aldehydes is 1. The van der Waals surface area contributed by atoms with E-state index in [9.17, 15) is 4.79 Å². The number of rotatable bonds is 13. The summed E-state index contributed by atoms with van der Waals surface area (Å²) in [5, 5.41) is 0. The van der Waals surface area contributed by atoms with Crippen LogP contribution in [-0.2, 0) is 19.0 Å². The highest BCUT2D eigenvalue weighted by Gasteiger charge is 1.98. The monoisotopic (exact) mass is 248 g/mol. The average molecular weight is 248 g/mol. The summed E-state index contributed by atoms with van der Waals surface area (Å²) < 4.78 is 15.6. The molecule has 0 aromatic rings. The highest BCUT2D eigenvalue weighted by atomic mass is 16.5. The average Bonchev–Trinajstić information content (AvgIpc) is 2.33. The van der Waals surface area contributed by atoms with Gasteiger partial charge in [-0.2, -0.15) is 0 Å². The Hall–Kier alpha value is -0.530. The summed E-state index contributed by atoms with van der Waals surface area (Å²) in [5.41, 5.74) is 5.27. The van der Waals surface area contributed by atoms with Gasteiger partial charge in [0.1, 0.15) is 12.9 Å². The van der Waals surface area contributed by atoms with Crippen LogP contribution in [0.5, 0.6) is 0 Å². The molecule has 0 bridgehead atoms.